The molecule has 0 unspecified atom stereocenters. The van der Waals surface area contributed by atoms with Crippen LogP contribution in [-0.4, -0.2) is 31.3 Å². The smallest absolute Gasteiger partial charge is 0.399 e. The molecule has 6 heteroatoms. The fourth-order valence-electron chi connectivity index (χ4n) is 2.23. The fourth-order valence-corrected chi connectivity index (χ4v) is 2.23. The van der Waals surface area contributed by atoms with Crippen LogP contribution in [0.3, 0.4) is 0 Å². The Morgan fingerprint density at radius 3 is 2.23 bits per heavy atom. The van der Waals surface area contributed by atoms with E-state index in [0.29, 0.717) is 11.3 Å². The number of hydrogen-bond acceptors (Lipinski definition) is 4. The average Bonchev–Trinajstić information content (AvgIpc) is 2.65. The Labute approximate surface area is 132 Å². The van der Waals surface area contributed by atoms with Crippen molar-refractivity contribution in [1.29, 1.82) is 5.26 Å². The molecule has 1 heterocycles. The summed E-state index contributed by atoms with van der Waals surface area (Å²) in [6, 6.07) is 7.43. The molecule has 116 valence electrons. The third-order valence-electron chi connectivity index (χ3n) is 4.50. The number of amides is 1. The Hall–Kier alpha value is -1.84. The number of nitrogens with zero attached hydrogens (tertiary/aromatic N) is 2. The third-order valence-corrected chi connectivity index (χ3v) is 4.50. The van der Waals surface area contributed by atoms with Crippen LogP contribution in [-0.2, 0) is 14.1 Å². The van der Waals surface area contributed by atoms with Crippen molar-refractivity contribution in [3.05, 3.63) is 23.8 Å². The number of nitriles is 1. The molecule has 0 aromatic heterocycles. The topological polar surface area (TPSA) is 62.6 Å². The highest BCUT2D eigenvalue weighted by Crippen LogP contribution is 2.36. The molecule has 0 aliphatic carbocycles. The van der Waals surface area contributed by atoms with Gasteiger partial charge in [0.15, 0.2) is 0 Å². The zero-order chi connectivity index (χ0) is 16.7. The molecule has 1 aromatic carbocycles. The van der Waals surface area contributed by atoms with Crippen molar-refractivity contribution in [2.75, 3.05) is 11.9 Å². The highest BCUT2D eigenvalue weighted by Gasteiger charge is 2.51. The van der Waals surface area contributed by atoms with Gasteiger partial charge in [-0.3, -0.25) is 4.79 Å². The number of carbonyl (C=O) groups excluding carboxylic acids is 1. The molecule has 2 rings (SSSR count). The van der Waals surface area contributed by atoms with Gasteiger partial charge < -0.3 is 14.2 Å². The van der Waals surface area contributed by atoms with Gasteiger partial charge in [0.05, 0.1) is 22.5 Å². The predicted octanol–water partition coefficient (Wildman–Crippen LogP) is 1.84. The summed E-state index contributed by atoms with van der Waals surface area (Å²) in [5, 5.41) is 9.35. The van der Waals surface area contributed by atoms with Crippen molar-refractivity contribution < 1.29 is 14.1 Å². The number of rotatable bonds is 2. The molecule has 1 aliphatic rings. The summed E-state index contributed by atoms with van der Waals surface area (Å²) in [7, 11) is 1.13. The van der Waals surface area contributed by atoms with Gasteiger partial charge >= 0.3 is 7.12 Å². The molecule has 0 spiro atoms. The van der Waals surface area contributed by atoms with Crippen molar-refractivity contribution in [3.8, 4) is 6.07 Å². The zero-order valence-electron chi connectivity index (χ0n) is 13.9. The Balaban J connectivity index is 2.36. The first kappa shape index (κ1) is 16.5. The predicted molar refractivity (Wildman–Crippen MR) is 86.0 cm³/mol. The molecule has 1 saturated heterocycles. The van der Waals surface area contributed by atoms with Gasteiger partial charge in [-0.2, -0.15) is 5.26 Å². The van der Waals surface area contributed by atoms with Crippen molar-refractivity contribution in [3.63, 3.8) is 0 Å². The van der Waals surface area contributed by atoms with E-state index in [2.05, 4.69) is 6.07 Å². The van der Waals surface area contributed by atoms with E-state index >= 15 is 0 Å². The van der Waals surface area contributed by atoms with Crippen LogP contribution in [0.1, 0.15) is 40.2 Å². The van der Waals surface area contributed by atoms with Crippen LogP contribution in [0.15, 0.2) is 18.2 Å². The van der Waals surface area contributed by atoms with Crippen molar-refractivity contribution in [1.82, 2.24) is 0 Å². The summed E-state index contributed by atoms with van der Waals surface area (Å²) >= 11 is 0. The molecule has 0 saturated carbocycles. The summed E-state index contributed by atoms with van der Waals surface area (Å²) in [5.41, 5.74) is 0.912. The van der Waals surface area contributed by atoms with Gasteiger partial charge in [-0.1, -0.05) is 6.07 Å². The summed E-state index contributed by atoms with van der Waals surface area (Å²) in [4.78, 5) is 12.9. The van der Waals surface area contributed by atoms with E-state index < -0.39 is 18.3 Å². The molecule has 1 amide bonds. The molecular weight excluding hydrogens is 279 g/mol. The highest BCUT2D eigenvalue weighted by atomic mass is 16.7. The Kier molecular flexibility index (Phi) is 4.07. The van der Waals surface area contributed by atoms with E-state index in [1.165, 1.54) is 11.8 Å². The molecule has 0 radical (unpaired) electrons. The van der Waals surface area contributed by atoms with E-state index in [9.17, 15) is 10.1 Å². The van der Waals surface area contributed by atoms with E-state index in [1.807, 2.05) is 33.8 Å². The van der Waals surface area contributed by atoms with Crippen LogP contribution in [0.25, 0.3) is 0 Å². The van der Waals surface area contributed by atoms with E-state index in [0.717, 1.165) is 5.46 Å². The van der Waals surface area contributed by atoms with Crippen LogP contribution in [0, 0.1) is 11.3 Å². The molecular formula is C16H21BN2O3. The Morgan fingerprint density at radius 2 is 1.77 bits per heavy atom. The molecule has 1 aromatic rings. The van der Waals surface area contributed by atoms with Crippen molar-refractivity contribution in [2.45, 2.75) is 45.8 Å². The van der Waals surface area contributed by atoms with Crippen molar-refractivity contribution >= 4 is 24.2 Å². The molecule has 1 fully saturated rings. The lowest BCUT2D eigenvalue weighted by Crippen LogP contribution is -2.41. The maximum absolute atomic E-state index is 11.5. The molecule has 22 heavy (non-hydrogen) atoms. The summed E-state index contributed by atoms with van der Waals surface area (Å²) in [6.07, 6.45) is 0. The summed E-state index contributed by atoms with van der Waals surface area (Å²) < 4.78 is 12.0. The Morgan fingerprint density at radius 1 is 1.23 bits per heavy atom. The number of anilines is 1. The largest absolute Gasteiger partial charge is 0.494 e. The minimum absolute atomic E-state index is 0.125. The Bertz CT molecular complexity index is 633. The maximum Gasteiger partial charge on any atom is 0.494 e. The van der Waals surface area contributed by atoms with Gasteiger partial charge in [0, 0.05) is 14.0 Å². The minimum Gasteiger partial charge on any atom is -0.399 e. The third kappa shape index (κ3) is 2.74. The molecule has 1 aliphatic heterocycles. The SMILES string of the molecule is CC(=O)N(C)c1ccc(B2OC(C)(C)C(C)(C)O2)cc1C#N. The normalized spacial score (nSPS) is 18.9. The van der Waals surface area contributed by atoms with Crippen LogP contribution in [0.4, 0.5) is 5.69 Å². The zero-order valence-corrected chi connectivity index (χ0v) is 13.9. The highest BCUT2D eigenvalue weighted by molar-refractivity contribution is 6.62. The number of hydrogen-bond donors (Lipinski definition) is 0. The summed E-state index contributed by atoms with van der Waals surface area (Å²) in [5.74, 6) is -0.125. The lowest BCUT2D eigenvalue weighted by molar-refractivity contribution is -0.116. The van der Waals surface area contributed by atoms with E-state index in [4.69, 9.17) is 9.31 Å². The van der Waals surface area contributed by atoms with Gasteiger partial charge in [-0.15, -0.1) is 0 Å². The average molecular weight is 300 g/mol. The lowest BCUT2D eigenvalue weighted by atomic mass is 9.78. The second-order valence-corrected chi connectivity index (χ2v) is 6.55. The van der Waals surface area contributed by atoms with Crippen LogP contribution in [0.5, 0.6) is 0 Å². The monoisotopic (exact) mass is 300 g/mol. The fraction of sp³-hybridized carbons (Fsp3) is 0.500. The van der Waals surface area contributed by atoms with Gasteiger partial charge in [-0.05, 0) is 45.3 Å². The van der Waals surface area contributed by atoms with E-state index in [-0.39, 0.29) is 5.91 Å². The van der Waals surface area contributed by atoms with Crippen LogP contribution >= 0.6 is 0 Å². The second kappa shape index (κ2) is 5.42. The maximum atomic E-state index is 11.5. The second-order valence-electron chi connectivity index (χ2n) is 6.55. The van der Waals surface area contributed by atoms with Crippen LogP contribution in [0.2, 0.25) is 0 Å². The lowest BCUT2D eigenvalue weighted by Gasteiger charge is -2.32. The minimum atomic E-state index is -0.520. The molecule has 0 bridgehead atoms. The number of carbonyl (C=O) groups is 1. The standard InChI is InChI=1S/C16H21BN2O3/c1-11(20)19(6)14-8-7-13(9-12(14)10-18)17-21-15(2,3)16(4,5)22-17/h7-9H,1-6H3. The van der Waals surface area contributed by atoms with Gasteiger partial charge in [-0.25, -0.2) is 0 Å². The molecule has 0 N–H and O–H groups in total. The first-order chi connectivity index (χ1) is 10.1. The summed E-state index contributed by atoms with van der Waals surface area (Å²) in [6.45, 7) is 9.39. The number of benzene rings is 1. The van der Waals surface area contributed by atoms with Gasteiger partial charge in [0.1, 0.15) is 6.07 Å². The molecule has 0 atom stereocenters. The van der Waals surface area contributed by atoms with Crippen molar-refractivity contribution in [2.24, 2.45) is 0 Å². The first-order valence-corrected chi connectivity index (χ1v) is 7.23. The van der Waals surface area contributed by atoms with Gasteiger partial charge in [0.2, 0.25) is 5.91 Å². The molecule has 5 nitrogen and oxygen atoms in total. The van der Waals surface area contributed by atoms with Gasteiger partial charge in [0.25, 0.3) is 0 Å². The van der Waals surface area contributed by atoms with E-state index in [1.54, 1.807) is 19.2 Å². The van der Waals surface area contributed by atoms with Crippen LogP contribution < -0.4 is 10.4 Å². The quantitative estimate of drug-likeness (QED) is 0.782. The first-order valence-electron chi connectivity index (χ1n) is 7.23.